The Morgan fingerprint density at radius 3 is 2.44 bits per heavy atom. The third-order valence-electron chi connectivity index (χ3n) is 4.37. The molecule has 0 radical (unpaired) electrons. The zero-order valence-electron chi connectivity index (χ0n) is 14.2. The first kappa shape index (κ1) is 18.0. The number of halogens is 1. The molecule has 2 aromatic rings. The molecule has 3 rings (SSSR count). The minimum atomic E-state index is -3.56. The molecule has 0 amide bonds. The van der Waals surface area contributed by atoms with Gasteiger partial charge in [-0.05, 0) is 41.8 Å². The van der Waals surface area contributed by atoms with Crippen LogP contribution in [0.5, 0.6) is 0 Å². The quantitative estimate of drug-likeness (QED) is 0.816. The number of rotatable bonds is 5. The first-order chi connectivity index (χ1) is 12.0. The predicted octanol–water partition coefficient (Wildman–Crippen LogP) is 3.54. The Kier molecular flexibility index (Phi) is 5.51. The second kappa shape index (κ2) is 7.64. The van der Waals surface area contributed by atoms with E-state index in [1.807, 2.05) is 12.1 Å². The molecule has 25 heavy (non-hydrogen) atoms. The Labute approximate surface area is 148 Å². The van der Waals surface area contributed by atoms with Gasteiger partial charge in [0.15, 0.2) is 0 Å². The van der Waals surface area contributed by atoms with Gasteiger partial charge >= 0.3 is 0 Å². The third-order valence-corrected chi connectivity index (χ3v) is 6.25. The molecule has 1 saturated heterocycles. The highest BCUT2D eigenvalue weighted by Gasteiger charge is 2.31. The maximum Gasteiger partial charge on any atom is 0.243 e. The van der Waals surface area contributed by atoms with Gasteiger partial charge in [-0.25, -0.2) is 12.8 Å². The van der Waals surface area contributed by atoms with Crippen molar-refractivity contribution in [3.8, 4) is 0 Å². The molecule has 134 valence electrons. The van der Waals surface area contributed by atoms with Crippen LogP contribution in [0.25, 0.3) is 0 Å². The molecule has 2 aromatic carbocycles. The fourth-order valence-corrected chi connectivity index (χ4v) is 4.41. The number of sulfonamides is 1. The molecular weight excluding hydrogens is 341 g/mol. The van der Waals surface area contributed by atoms with E-state index in [-0.39, 0.29) is 18.5 Å². The summed E-state index contributed by atoms with van der Waals surface area (Å²) >= 11 is 0. The van der Waals surface area contributed by atoms with Crippen molar-refractivity contribution in [3.63, 3.8) is 0 Å². The maximum absolute atomic E-state index is 13.1. The van der Waals surface area contributed by atoms with Crippen LogP contribution in [0.3, 0.4) is 0 Å². The van der Waals surface area contributed by atoms with E-state index in [0.717, 1.165) is 24.0 Å². The Bertz CT molecular complexity index is 804. The highest BCUT2D eigenvalue weighted by molar-refractivity contribution is 7.89. The van der Waals surface area contributed by atoms with E-state index >= 15 is 0 Å². The minimum Gasteiger partial charge on any atom is -0.371 e. The lowest BCUT2D eigenvalue weighted by Crippen LogP contribution is -2.42. The topological polar surface area (TPSA) is 46.6 Å². The molecule has 1 heterocycles. The van der Waals surface area contributed by atoms with Crippen LogP contribution in [0, 0.1) is 5.82 Å². The van der Waals surface area contributed by atoms with Crippen molar-refractivity contribution >= 4 is 10.0 Å². The molecule has 1 atom stereocenters. The van der Waals surface area contributed by atoms with E-state index in [4.69, 9.17) is 4.74 Å². The third kappa shape index (κ3) is 4.08. The van der Waals surface area contributed by atoms with Crippen molar-refractivity contribution in [1.82, 2.24) is 4.31 Å². The summed E-state index contributed by atoms with van der Waals surface area (Å²) in [6, 6.07) is 13.1. The molecule has 0 N–H and O–H groups in total. The Hall–Kier alpha value is -1.76. The lowest BCUT2D eigenvalue weighted by molar-refractivity contribution is -0.00258. The summed E-state index contributed by atoms with van der Waals surface area (Å²) in [5.41, 5.74) is 1.91. The molecule has 1 aliphatic rings. The van der Waals surface area contributed by atoms with E-state index in [2.05, 4.69) is 6.92 Å². The van der Waals surface area contributed by atoms with Crippen molar-refractivity contribution in [2.24, 2.45) is 0 Å². The van der Waals surface area contributed by atoms with Crippen LogP contribution in [-0.2, 0) is 21.2 Å². The molecule has 6 heteroatoms. The maximum atomic E-state index is 13.1. The van der Waals surface area contributed by atoms with Crippen LogP contribution >= 0.6 is 0 Å². The van der Waals surface area contributed by atoms with Gasteiger partial charge in [0, 0.05) is 13.1 Å². The van der Waals surface area contributed by atoms with Crippen LogP contribution in [-0.4, -0.2) is 32.4 Å². The predicted molar refractivity (Wildman–Crippen MR) is 94.3 cm³/mol. The van der Waals surface area contributed by atoms with E-state index in [9.17, 15) is 12.8 Å². The van der Waals surface area contributed by atoms with Gasteiger partial charge in [0.2, 0.25) is 10.0 Å². The summed E-state index contributed by atoms with van der Waals surface area (Å²) in [7, 11) is -3.56. The van der Waals surface area contributed by atoms with Crippen molar-refractivity contribution in [2.75, 3.05) is 19.7 Å². The van der Waals surface area contributed by atoms with Crippen molar-refractivity contribution in [2.45, 2.75) is 30.8 Å². The Morgan fingerprint density at radius 2 is 1.80 bits per heavy atom. The SMILES string of the molecule is CCCc1ccc(S(=O)(=O)N2CCOC(c3ccc(F)cc3)C2)cc1. The molecule has 0 spiro atoms. The lowest BCUT2D eigenvalue weighted by Gasteiger charge is -2.32. The van der Waals surface area contributed by atoms with E-state index in [0.29, 0.717) is 18.0 Å². The van der Waals surface area contributed by atoms with Crippen LogP contribution in [0.2, 0.25) is 0 Å². The lowest BCUT2D eigenvalue weighted by atomic mass is 10.1. The average molecular weight is 363 g/mol. The molecular formula is C19H22FNO3S. The second-order valence-corrected chi connectivity index (χ2v) is 8.11. The van der Waals surface area contributed by atoms with Gasteiger partial charge in [0.25, 0.3) is 0 Å². The summed E-state index contributed by atoms with van der Waals surface area (Å²) in [4.78, 5) is 0.298. The summed E-state index contributed by atoms with van der Waals surface area (Å²) in [5.74, 6) is -0.323. The molecule has 1 fully saturated rings. The summed E-state index contributed by atoms with van der Waals surface area (Å²) in [5, 5.41) is 0. The molecule has 0 aliphatic carbocycles. The van der Waals surface area contributed by atoms with Crippen LogP contribution < -0.4 is 0 Å². The Morgan fingerprint density at radius 1 is 1.12 bits per heavy atom. The van der Waals surface area contributed by atoms with Crippen molar-refractivity contribution in [1.29, 1.82) is 0 Å². The number of ether oxygens (including phenoxy) is 1. The molecule has 0 bridgehead atoms. The average Bonchev–Trinajstić information content (AvgIpc) is 2.63. The van der Waals surface area contributed by atoms with Crippen molar-refractivity contribution in [3.05, 3.63) is 65.5 Å². The highest BCUT2D eigenvalue weighted by atomic mass is 32.2. The van der Waals surface area contributed by atoms with Gasteiger partial charge in [-0.15, -0.1) is 0 Å². The van der Waals surface area contributed by atoms with Gasteiger partial charge in [-0.2, -0.15) is 4.31 Å². The van der Waals surface area contributed by atoms with Gasteiger partial charge < -0.3 is 4.74 Å². The Balaban J connectivity index is 1.78. The number of morpholine rings is 1. The van der Waals surface area contributed by atoms with Gasteiger partial charge in [-0.1, -0.05) is 37.6 Å². The van der Waals surface area contributed by atoms with E-state index in [1.54, 1.807) is 24.3 Å². The molecule has 1 aliphatic heterocycles. The summed E-state index contributed by atoms with van der Waals surface area (Å²) in [6.07, 6.45) is 1.57. The number of hydrogen-bond acceptors (Lipinski definition) is 3. The normalized spacial score (nSPS) is 19.0. The van der Waals surface area contributed by atoms with Gasteiger partial charge in [0.1, 0.15) is 5.82 Å². The van der Waals surface area contributed by atoms with Crippen molar-refractivity contribution < 1.29 is 17.5 Å². The number of nitrogens with zero attached hydrogens (tertiary/aromatic N) is 1. The molecule has 4 nitrogen and oxygen atoms in total. The number of benzene rings is 2. The second-order valence-electron chi connectivity index (χ2n) is 6.17. The summed E-state index contributed by atoms with van der Waals surface area (Å²) in [6.45, 7) is 2.95. The first-order valence-electron chi connectivity index (χ1n) is 8.47. The summed E-state index contributed by atoms with van der Waals surface area (Å²) < 4.78 is 46.0. The standard InChI is InChI=1S/C19H22FNO3S/c1-2-3-15-4-10-18(11-5-15)25(22,23)21-12-13-24-19(14-21)16-6-8-17(20)9-7-16/h4-11,19H,2-3,12-14H2,1H3. The van der Waals surface area contributed by atoms with Gasteiger partial charge in [0.05, 0.1) is 17.6 Å². The van der Waals surface area contributed by atoms with E-state index in [1.165, 1.54) is 16.4 Å². The first-order valence-corrected chi connectivity index (χ1v) is 9.91. The fraction of sp³-hybridized carbons (Fsp3) is 0.368. The molecule has 1 unspecified atom stereocenters. The van der Waals surface area contributed by atoms with Crippen LogP contribution in [0.15, 0.2) is 53.4 Å². The fourth-order valence-electron chi connectivity index (χ4n) is 2.99. The number of hydrogen-bond donors (Lipinski definition) is 0. The highest BCUT2D eigenvalue weighted by Crippen LogP contribution is 2.27. The van der Waals surface area contributed by atoms with Crippen LogP contribution in [0.1, 0.15) is 30.6 Å². The molecule has 0 aromatic heterocycles. The minimum absolute atomic E-state index is 0.227. The zero-order valence-corrected chi connectivity index (χ0v) is 15.0. The monoisotopic (exact) mass is 363 g/mol. The largest absolute Gasteiger partial charge is 0.371 e. The van der Waals surface area contributed by atoms with E-state index < -0.39 is 10.0 Å². The zero-order chi connectivity index (χ0) is 17.9. The number of aryl methyl sites for hydroxylation is 1. The molecule has 0 saturated carbocycles. The van der Waals surface area contributed by atoms with Crippen LogP contribution in [0.4, 0.5) is 4.39 Å². The smallest absolute Gasteiger partial charge is 0.243 e. The van der Waals surface area contributed by atoms with Gasteiger partial charge in [-0.3, -0.25) is 0 Å².